The number of carboxylic acid groups (broad SMARTS) is 1. The van der Waals surface area contributed by atoms with Crippen molar-refractivity contribution in [1.82, 2.24) is 10.6 Å². The molecule has 9 N–H and O–H groups in total. The first-order valence-electron chi connectivity index (χ1n) is 9.15. The summed E-state index contributed by atoms with van der Waals surface area (Å²) in [5.74, 6) is -2.87. The molecule has 0 bridgehead atoms. The van der Waals surface area contributed by atoms with Crippen molar-refractivity contribution in [2.45, 2.75) is 70.5 Å². The number of primary amides is 1. The van der Waals surface area contributed by atoms with Crippen molar-refractivity contribution in [2.75, 3.05) is 6.54 Å². The molecule has 0 saturated heterocycles. The molecule has 0 aliphatic heterocycles. The van der Waals surface area contributed by atoms with Gasteiger partial charge in [0.25, 0.3) is 0 Å². The van der Waals surface area contributed by atoms with Crippen molar-refractivity contribution in [3.8, 4) is 0 Å². The minimum absolute atomic E-state index is 0.0452. The SMILES string of the molecule is CC(C)CC(N)C(=O)NC(CCC(N)=O)C(=O)NC(CCCCN)C(=O)O. The van der Waals surface area contributed by atoms with E-state index in [9.17, 15) is 24.3 Å². The van der Waals surface area contributed by atoms with Gasteiger partial charge >= 0.3 is 5.97 Å². The first-order chi connectivity index (χ1) is 12.6. The van der Waals surface area contributed by atoms with Crippen molar-refractivity contribution >= 4 is 23.7 Å². The summed E-state index contributed by atoms with van der Waals surface area (Å²) >= 11 is 0. The molecule has 10 nitrogen and oxygen atoms in total. The van der Waals surface area contributed by atoms with Gasteiger partial charge in [-0.15, -0.1) is 0 Å². The average Bonchev–Trinajstić information content (AvgIpc) is 2.56. The number of hydrogen-bond donors (Lipinski definition) is 6. The number of carboxylic acids is 1. The second kappa shape index (κ2) is 13.0. The fourth-order valence-electron chi connectivity index (χ4n) is 2.47. The van der Waals surface area contributed by atoms with Crippen LogP contribution in [0.2, 0.25) is 0 Å². The number of rotatable bonds is 14. The fourth-order valence-corrected chi connectivity index (χ4v) is 2.47. The van der Waals surface area contributed by atoms with E-state index >= 15 is 0 Å². The molecule has 0 aliphatic carbocycles. The number of aliphatic carboxylic acids is 1. The summed E-state index contributed by atoms with van der Waals surface area (Å²) in [4.78, 5) is 47.1. The summed E-state index contributed by atoms with van der Waals surface area (Å²) in [7, 11) is 0. The topological polar surface area (TPSA) is 191 Å². The molecule has 3 amide bonds. The first kappa shape index (κ1) is 24.8. The maximum Gasteiger partial charge on any atom is 0.326 e. The highest BCUT2D eigenvalue weighted by molar-refractivity contribution is 5.92. The number of carbonyl (C=O) groups is 4. The van der Waals surface area contributed by atoms with Crippen LogP contribution >= 0.6 is 0 Å². The van der Waals surface area contributed by atoms with Gasteiger partial charge in [-0.2, -0.15) is 0 Å². The zero-order valence-electron chi connectivity index (χ0n) is 16.1. The quantitative estimate of drug-likeness (QED) is 0.202. The summed E-state index contributed by atoms with van der Waals surface area (Å²) < 4.78 is 0. The van der Waals surface area contributed by atoms with Crippen LogP contribution in [-0.2, 0) is 19.2 Å². The Morgan fingerprint density at radius 2 is 1.56 bits per heavy atom. The third kappa shape index (κ3) is 11.2. The smallest absolute Gasteiger partial charge is 0.326 e. The van der Waals surface area contributed by atoms with Crippen LogP contribution in [0.3, 0.4) is 0 Å². The number of amides is 3. The Morgan fingerprint density at radius 1 is 0.963 bits per heavy atom. The van der Waals surface area contributed by atoms with Gasteiger partial charge in [0.05, 0.1) is 6.04 Å². The highest BCUT2D eigenvalue weighted by Gasteiger charge is 2.28. The molecule has 0 aromatic heterocycles. The molecule has 0 saturated carbocycles. The van der Waals surface area contributed by atoms with E-state index in [1.165, 1.54) is 0 Å². The van der Waals surface area contributed by atoms with Crippen LogP contribution in [0.15, 0.2) is 0 Å². The number of nitrogens with two attached hydrogens (primary N) is 3. The Balaban J connectivity index is 5.01. The van der Waals surface area contributed by atoms with Crippen LogP contribution < -0.4 is 27.8 Å². The highest BCUT2D eigenvalue weighted by atomic mass is 16.4. The zero-order chi connectivity index (χ0) is 21.0. The van der Waals surface area contributed by atoms with Gasteiger partial charge < -0.3 is 32.9 Å². The van der Waals surface area contributed by atoms with E-state index in [1.54, 1.807) is 0 Å². The highest BCUT2D eigenvalue weighted by Crippen LogP contribution is 2.06. The van der Waals surface area contributed by atoms with Gasteiger partial charge in [0.15, 0.2) is 0 Å². The Bertz CT molecular complexity index is 512. The van der Waals surface area contributed by atoms with Crippen LogP contribution in [-0.4, -0.2) is 53.5 Å². The average molecular weight is 387 g/mol. The first-order valence-corrected chi connectivity index (χ1v) is 9.15. The van der Waals surface area contributed by atoms with E-state index < -0.39 is 41.8 Å². The molecule has 3 unspecified atom stereocenters. The lowest BCUT2D eigenvalue weighted by molar-refractivity contribution is -0.142. The third-order valence-electron chi connectivity index (χ3n) is 3.94. The fraction of sp³-hybridized carbons (Fsp3) is 0.765. The van der Waals surface area contributed by atoms with Gasteiger partial charge in [0.1, 0.15) is 12.1 Å². The monoisotopic (exact) mass is 387 g/mol. The summed E-state index contributed by atoms with van der Waals surface area (Å²) in [6.45, 7) is 4.23. The molecule has 27 heavy (non-hydrogen) atoms. The molecular formula is C17H33N5O5. The normalized spacial score (nSPS) is 14.3. The predicted octanol–water partition coefficient (Wildman–Crippen LogP) is -1.19. The van der Waals surface area contributed by atoms with E-state index in [-0.39, 0.29) is 25.2 Å². The van der Waals surface area contributed by atoms with Gasteiger partial charge in [-0.1, -0.05) is 13.8 Å². The van der Waals surface area contributed by atoms with Gasteiger partial charge in [-0.25, -0.2) is 4.79 Å². The van der Waals surface area contributed by atoms with Crippen LogP contribution in [0.5, 0.6) is 0 Å². The Morgan fingerprint density at radius 3 is 2.04 bits per heavy atom. The van der Waals surface area contributed by atoms with Crippen LogP contribution in [0.1, 0.15) is 52.4 Å². The molecule has 156 valence electrons. The standard InChI is InChI=1S/C17H33N5O5/c1-10(2)9-11(19)15(24)21-12(6-7-14(20)23)16(25)22-13(17(26)27)5-3-4-8-18/h10-13H,3-9,18-19H2,1-2H3,(H2,20,23)(H,21,24)(H,22,25)(H,26,27). The molecule has 0 fully saturated rings. The Labute approximate surface area is 159 Å². The largest absolute Gasteiger partial charge is 0.480 e. The molecule has 0 heterocycles. The summed E-state index contributed by atoms with van der Waals surface area (Å²) in [6.07, 6.45) is 1.62. The second-order valence-corrected chi connectivity index (χ2v) is 6.99. The van der Waals surface area contributed by atoms with E-state index in [4.69, 9.17) is 17.2 Å². The van der Waals surface area contributed by atoms with E-state index in [0.29, 0.717) is 25.8 Å². The summed E-state index contributed by atoms with van der Waals surface area (Å²) in [5, 5.41) is 14.2. The minimum atomic E-state index is -1.18. The van der Waals surface area contributed by atoms with E-state index in [1.807, 2.05) is 13.8 Å². The molecule has 0 radical (unpaired) electrons. The zero-order valence-corrected chi connectivity index (χ0v) is 16.1. The third-order valence-corrected chi connectivity index (χ3v) is 3.94. The van der Waals surface area contributed by atoms with Crippen molar-refractivity contribution in [2.24, 2.45) is 23.1 Å². The number of hydrogen-bond acceptors (Lipinski definition) is 6. The number of carbonyl (C=O) groups excluding carboxylic acids is 3. The van der Waals surface area contributed by atoms with Crippen molar-refractivity contribution in [3.63, 3.8) is 0 Å². The molecule has 0 aliphatic rings. The maximum absolute atomic E-state index is 12.5. The van der Waals surface area contributed by atoms with Crippen molar-refractivity contribution < 1.29 is 24.3 Å². The van der Waals surface area contributed by atoms with Gasteiger partial charge in [-0.05, 0) is 44.6 Å². The van der Waals surface area contributed by atoms with E-state index in [2.05, 4.69) is 10.6 Å². The molecule has 0 rings (SSSR count). The lowest BCUT2D eigenvalue weighted by Crippen LogP contribution is -2.54. The maximum atomic E-state index is 12.5. The van der Waals surface area contributed by atoms with Crippen LogP contribution in [0, 0.1) is 5.92 Å². The van der Waals surface area contributed by atoms with Gasteiger partial charge in [-0.3, -0.25) is 14.4 Å². The predicted molar refractivity (Wildman–Crippen MR) is 100 cm³/mol. The molecule has 0 spiro atoms. The number of unbranched alkanes of at least 4 members (excludes halogenated alkanes) is 1. The van der Waals surface area contributed by atoms with E-state index in [0.717, 1.165) is 0 Å². The Kier molecular flexibility index (Phi) is 12.0. The lowest BCUT2D eigenvalue weighted by Gasteiger charge is -2.23. The van der Waals surface area contributed by atoms with Crippen LogP contribution in [0.4, 0.5) is 0 Å². The minimum Gasteiger partial charge on any atom is -0.480 e. The molecule has 3 atom stereocenters. The van der Waals surface area contributed by atoms with Crippen LogP contribution in [0.25, 0.3) is 0 Å². The van der Waals surface area contributed by atoms with Gasteiger partial charge in [0.2, 0.25) is 17.7 Å². The number of nitrogens with one attached hydrogen (secondary N) is 2. The lowest BCUT2D eigenvalue weighted by atomic mass is 10.0. The van der Waals surface area contributed by atoms with Crippen molar-refractivity contribution in [1.29, 1.82) is 0 Å². The molecular weight excluding hydrogens is 354 g/mol. The second-order valence-electron chi connectivity index (χ2n) is 6.99. The van der Waals surface area contributed by atoms with Crippen molar-refractivity contribution in [3.05, 3.63) is 0 Å². The summed E-state index contributed by atoms with van der Waals surface area (Å²) in [5.41, 5.74) is 16.3. The molecule has 10 heteroatoms. The summed E-state index contributed by atoms with van der Waals surface area (Å²) in [6, 6.07) is -3.02. The van der Waals surface area contributed by atoms with Gasteiger partial charge in [0, 0.05) is 6.42 Å². The Hall–Kier alpha value is -2.20. The molecule has 0 aromatic carbocycles. The molecule has 0 aromatic rings.